The van der Waals surface area contributed by atoms with E-state index in [1.807, 2.05) is 6.07 Å². The van der Waals surface area contributed by atoms with E-state index in [2.05, 4.69) is 5.32 Å². The zero-order valence-electron chi connectivity index (χ0n) is 12.6. The van der Waals surface area contributed by atoms with Gasteiger partial charge in [-0.05, 0) is 36.8 Å². The van der Waals surface area contributed by atoms with Crippen LogP contribution in [-0.2, 0) is 0 Å². The highest BCUT2D eigenvalue weighted by molar-refractivity contribution is 6.32. The van der Waals surface area contributed by atoms with Gasteiger partial charge in [0.2, 0.25) is 6.79 Å². The molecule has 0 saturated heterocycles. The van der Waals surface area contributed by atoms with Gasteiger partial charge >= 0.3 is 0 Å². The zero-order valence-corrected chi connectivity index (χ0v) is 13.4. The van der Waals surface area contributed by atoms with Gasteiger partial charge in [0.25, 0.3) is 11.6 Å². The van der Waals surface area contributed by atoms with E-state index in [-0.39, 0.29) is 29.1 Å². The van der Waals surface area contributed by atoms with Gasteiger partial charge < -0.3 is 14.8 Å². The smallest absolute Gasteiger partial charge is 0.288 e. The number of hydrogen-bond acceptors (Lipinski definition) is 5. The molecule has 24 heavy (non-hydrogen) atoms. The molecule has 7 nitrogen and oxygen atoms in total. The molecular weight excluding hydrogens is 336 g/mol. The Morgan fingerprint density at radius 3 is 2.75 bits per heavy atom. The largest absolute Gasteiger partial charge is 0.454 e. The summed E-state index contributed by atoms with van der Waals surface area (Å²) in [4.78, 5) is 22.6. The summed E-state index contributed by atoms with van der Waals surface area (Å²) < 4.78 is 10.6. The number of halogens is 1. The van der Waals surface area contributed by atoms with Crippen LogP contribution < -0.4 is 14.8 Å². The fourth-order valence-corrected chi connectivity index (χ4v) is 2.53. The standard InChI is InChI=1S/C16H13ClN2O5/c1-9(10-3-5-14-15(7-10)24-8-23-14)18-16(20)11-2-4-12(17)13(6-11)19(21)22/h2-7,9H,8H2,1H3,(H,18,20). The maximum absolute atomic E-state index is 12.3. The third-order valence-corrected chi connectivity index (χ3v) is 3.97. The lowest BCUT2D eigenvalue weighted by Crippen LogP contribution is -2.26. The molecule has 2 aromatic carbocycles. The van der Waals surface area contributed by atoms with Gasteiger partial charge in [-0.25, -0.2) is 0 Å². The van der Waals surface area contributed by atoms with Crippen LogP contribution in [0.4, 0.5) is 5.69 Å². The Bertz CT molecular complexity index is 824. The van der Waals surface area contributed by atoms with Crippen LogP contribution in [0.15, 0.2) is 36.4 Å². The first kappa shape index (κ1) is 16.1. The monoisotopic (exact) mass is 348 g/mol. The number of rotatable bonds is 4. The van der Waals surface area contributed by atoms with Gasteiger partial charge in [-0.3, -0.25) is 14.9 Å². The Kier molecular flexibility index (Phi) is 4.26. The fraction of sp³-hybridized carbons (Fsp3) is 0.188. The molecule has 1 amide bonds. The predicted molar refractivity (Wildman–Crippen MR) is 86.6 cm³/mol. The van der Waals surface area contributed by atoms with E-state index in [1.54, 1.807) is 19.1 Å². The number of nitro benzene ring substituents is 1. The summed E-state index contributed by atoms with van der Waals surface area (Å²) in [5, 5.41) is 13.7. The normalized spacial score (nSPS) is 13.4. The fourth-order valence-electron chi connectivity index (χ4n) is 2.34. The van der Waals surface area contributed by atoms with Crippen LogP contribution in [0, 0.1) is 10.1 Å². The Labute approximate surface area is 142 Å². The van der Waals surface area contributed by atoms with Crippen molar-refractivity contribution < 1.29 is 19.2 Å². The van der Waals surface area contributed by atoms with E-state index in [0.717, 1.165) is 11.6 Å². The summed E-state index contributed by atoms with van der Waals surface area (Å²) in [6.45, 7) is 1.98. The van der Waals surface area contributed by atoms with E-state index in [1.165, 1.54) is 12.1 Å². The summed E-state index contributed by atoms with van der Waals surface area (Å²) in [6, 6.07) is 9.00. The van der Waals surface area contributed by atoms with E-state index >= 15 is 0 Å². The van der Waals surface area contributed by atoms with Crippen LogP contribution in [0.2, 0.25) is 5.02 Å². The Morgan fingerprint density at radius 2 is 2.00 bits per heavy atom. The molecule has 0 aliphatic carbocycles. The van der Waals surface area contributed by atoms with Gasteiger partial charge in [-0.15, -0.1) is 0 Å². The lowest BCUT2D eigenvalue weighted by Gasteiger charge is -2.15. The van der Waals surface area contributed by atoms with Gasteiger partial charge in [0.05, 0.1) is 11.0 Å². The molecule has 3 rings (SSSR count). The van der Waals surface area contributed by atoms with Crippen molar-refractivity contribution in [2.75, 3.05) is 6.79 Å². The number of nitro groups is 1. The number of ether oxygens (including phenoxy) is 2. The number of hydrogen-bond donors (Lipinski definition) is 1. The molecule has 124 valence electrons. The summed E-state index contributed by atoms with van der Waals surface area (Å²) in [7, 11) is 0. The van der Waals surface area contributed by atoms with E-state index in [4.69, 9.17) is 21.1 Å². The molecule has 0 saturated carbocycles. The number of carbonyl (C=O) groups excluding carboxylic acids is 1. The van der Waals surface area contributed by atoms with Gasteiger partial charge in [-0.2, -0.15) is 0 Å². The van der Waals surface area contributed by atoms with Crippen molar-refractivity contribution in [3.05, 3.63) is 62.7 Å². The highest BCUT2D eigenvalue weighted by atomic mass is 35.5. The van der Waals surface area contributed by atoms with Gasteiger partial charge in [0.1, 0.15) is 5.02 Å². The minimum absolute atomic E-state index is 0.0135. The van der Waals surface area contributed by atoms with E-state index < -0.39 is 10.8 Å². The molecule has 2 aromatic rings. The van der Waals surface area contributed by atoms with Crippen LogP contribution in [-0.4, -0.2) is 17.6 Å². The van der Waals surface area contributed by atoms with Gasteiger partial charge in [0.15, 0.2) is 11.5 Å². The summed E-state index contributed by atoms with van der Waals surface area (Å²) >= 11 is 5.75. The zero-order chi connectivity index (χ0) is 17.3. The molecule has 0 radical (unpaired) electrons. The molecular formula is C16H13ClN2O5. The van der Waals surface area contributed by atoms with E-state index in [9.17, 15) is 14.9 Å². The summed E-state index contributed by atoms with van der Waals surface area (Å²) in [6.07, 6.45) is 0. The second-order valence-electron chi connectivity index (χ2n) is 5.23. The molecule has 1 aliphatic rings. The Morgan fingerprint density at radius 1 is 1.25 bits per heavy atom. The highest BCUT2D eigenvalue weighted by Crippen LogP contribution is 2.34. The molecule has 8 heteroatoms. The minimum atomic E-state index is -0.625. The number of carbonyl (C=O) groups is 1. The molecule has 1 aliphatic heterocycles. The van der Waals surface area contributed by atoms with Crippen molar-refractivity contribution in [2.24, 2.45) is 0 Å². The topological polar surface area (TPSA) is 90.7 Å². The quantitative estimate of drug-likeness (QED) is 0.674. The number of nitrogens with zero attached hydrogens (tertiary/aromatic N) is 1. The average molecular weight is 349 g/mol. The third-order valence-electron chi connectivity index (χ3n) is 3.65. The Balaban J connectivity index is 1.77. The number of benzene rings is 2. The molecule has 1 heterocycles. The van der Waals surface area contributed by atoms with Crippen molar-refractivity contribution in [3.8, 4) is 11.5 Å². The van der Waals surface area contributed by atoms with Gasteiger partial charge in [0, 0.05) is 11.6 Å². The second-order valence-corrected chi connectivity index (χ2v) is 5.64. The summed E-state index contributed by atoms with van der Waals surface area (Å²) in [5.41, 5.74) is 0.690. The molecule has 0 aromatic heterocycles. The molecule has 1 atom stereocenters. The van der Waals surface area contributed by atoms with Crippen molar-refractivity contribution in [1.82, 2.24) is 5.32 Å². The molecule has 1 N–H and O–H groups in total. The van der Waals surface area contributed by atoms with Crippen molar-refractivity contribution in [3.63, 3.8) is 0 Å². The van der Waals surface area contributed by atoms with Crippen molar-refractivity contribution >= 4 is 23.2 Å². The first-order chi connectivity index (χ1) is 11.5. The predicted octanol–water partition coefficient (Wildman–Crippen LogP) is 3.47. The SMILES string of the molecule is CC(NC(=O)c1ccc(Cl)c([N+](=O)[O-])c1)c1ccc2c(c1)OCO2. The van der Waals surface area contributed by atoms with Crippen LogP contribution in [0.1, 0.15) is 28.9 Å². The second kappa shape index (κ2) is 6.37. The maximum Gasteiger partial charge on any atom is 0.288 e. The lowest BCUT2D eigenvalue weighted by molar-refractivity contribution is -0.384. The minimum Gasteiger partial charge on any atom is -0.454 e. The Hall–Kier alpha value is -2.80. The summed E-state index contributed by atoms with van der Waals surface area (Å²) in [5.74, 6) is 0.848. The maximum atomic E-state index is 12.3. The number of fused-ring (bicyclic) bond motifs is 1. The van der Waals surface area contributed by atoms with Crippen LogP contribution in [0.3, 0.4) is 0 Å². The van der Waals surface area contributed by atoms with Crippen LogP contribution >= 0.6 is 11.6 Å². The molecule has 0 bridgehead atoms. The molecule has 1 unspecified atom stereocenters. The number of amides is 1. The average Bonchev–Trinajstić information content (AvgIpc) is 3.02. The first-order valence-corrected chi connectivity index (χ1v) is 7.48. The van der Waals surface area contributed by atoms with Crippen molar-refractivity contribution in [1.29, 1.82) is 0 Å². The van der Waals surface area contributed by atoms with Crippen LogP contribution in [0.5, 0.6) is 11.5 Å². The van der Waals surface area contributed by atoms with Crippen molar-refractivity contribution in [2.45, 2.75) is 13.0 Å². The van der Waals surface area contributed by atoms with E-state index in [0.29, 0.717) is 11.5 Å². The highest BCUT2D eigenvalue weighted by Gasteiger charge is 2.19. The lowest BCUT2D eigenvalue weighted by atomic mass is 10.1. The van der Waals surface area contributed by atoms with Crippen LogP contribution in [0.25, 0.3) is 0 Å². The molecule has 0 fully saturated rings. The van der Waals surface area contributed by atoms with Gasteiger partial charge in [-0.1, -0.05) is 17.7 Å². The molecule has 0 spiro atoms. The first-order valence-electron chi connectivity index (χ1n) is 7.10. The number of nitrogens with one attached hydrogen (secondary N) is 1. The third kappa shape index (κ3) is 3.11.